The Morgan fingerprint density at radius 1 is 1.03 bits per heavy atom. The zero-order valence-corrected chi connectivity index (χ0v) is 22.5. The number of nitrogens with zero attached hydrogens (tertiary/aromatic N) is 4. The van der Waals surface area contributed by atoms with Gasteiger partial charge in [-0.15, -0.1) is 0 Å². The van der Waals surface area contributed by atoms with Gasteiger partial charge in [0.2, 0.25) is 11.8 Å². The molecule has 0 radical (unpaired) electrons. The number of piperazine rings is 1. The molecule has 11 heteroatoms. The lowest BCUT2D eigenvalue weighted by Gasteiger charge is -2.54. The van der Waals surface area contributed by atoms with E-state index in [-0.39, 0.29) is 68.8 Å². The van der Waals surface area contributed by atoms with Crippen molar-refractivity contribution in [3.05, 3.63) is 71.3 Å². The fraction of sp³-hybridized carbons (Fsp3) is 0.464. The van der Waals surface area contributed by atoms with Crippen molar-refractivity contribution in [2.45, 2.75) is 45.6 Å². The molecule has 2 aromatic carbocycles. The second kappa shape index (κ2) is 12.5. The Bertz CT molecular complexity index is 1160. The monoisotopic (exact) mass is 543 g/mol. The van der Waals surface area contributed by atoms with Gasteiger partial charge in [0.25, 0.3) is 0 Å². The predicted octanol–water partition coefficient (Wildman–Crippen LogP) is 2.97. The van der Waals surface area contributed by atoms with Crippen molar-refractivity contribution >= 4 is 17.8 Å². The van der Waals surface area contributed by atoms with Crippen LogP contribution >= 0.6 is 0 Å². The van der Waals surface area contributed by atoms with Crippen molar-refractivity contribution in [1.82, 2.24) is 25.1 Å². The third-order valence-corrected chi connectivity index (χ3v) is 6.89. The zero-order valence-electron chi connectivity index (χ0n) is 22.5. The highest BCUT2D eigenvalue weighted by atomic mass is 19.1. The molecule has 2 heterocycles. The van der Waals surface area contributed by atoms with Gasteiger partial charge in [0.1, 0.15) is 23.8 Å². The summed E-state index contributed by atoms with van der Waals surface area (Å²) < 4.78 is 32.2. The van der Waals surface area contributed by atoms with Crippen LogP contribution in [0.2, 0.25) is 0 Å². The number of likely N-dealkylation sites (N-methyl/N-ethyl adjacent to an activating group) is 1. The molecular formula is C28H35F2N5O4. The van der Waals surface area contributed by atoms with E-state index in [0.717, 1.165) is 11.1 Å². The third-order valence-electron chi connectivity index (χ3n) is 6.89. The third kappa shape index (κ3) is 6.90. The van der Waals surface area contributed by atoms with Crippen LogP contribution in [0.5, 0.6) is 0 Å². The molecule has 0 bridgehead atoms. The highest BCUT2D eigenvalue weighted by Crippen LogP contribution is 2.28. The molecule has 0 aromatic heterocycles. The van der Waals surface area contributed by atoms with Gasteiger partial charge in [0.05, 0.1) is 26.3 Å². The molecule has 0 aliphatic carbocycles. The molecule has 2 aliphatic rings. The molecule has 210 valence electrons. The minimum Gasteiger partial charge on any atom is -0.375 e. The molecule has 1 N–H and O–H groups in total. The average Bonchev–Trinajstić information content (AvgIpc) is 2.89. The van der Waals surface area contributed by atoms with E-state index in [1.165, 1.54) is 29.3 Å². The Labute approximate surface area is 227 Å². The van der Waals surface area contributed by atoms with Crippen LogP contribution in [0.15, 0.2) is 48.5 Å². The van der Waals surface area contributed by atoms with Crippen LogP contribution in [0.3, 0.4) is 0 Å². The number of carbonyl (C=O) groups is 3. The van der Waals surface area contributed by atoms with E-state index in [1.807, 2.05) is 13.8 Å². The van der Waals surface area contributed by atoms with Crippen molar-refractivity contribution in [2.24, 2.45) is 5.92 Å². The largest absolute Gasteiger partial charge is 0.375 e. The SMILES string of the molecule is CC(C)C[C@H]1C(=O)N(CCOCc2ccc(F)cc2)C[C@H]2N1C(=O)CN(C)N2C(=O)NCc1ccc(F)cc1. The lowest BCUT2D eigenvalue weighted by atomic mass is 9.97. The molecule has 2 atom stereocenters. The smallest absolute Gasteiger partial charge is 0.334 e. The second-order valence-corrected chi connectivity index (χ2v) is 10.3. The molecule has 9 nitrogen and oxygen atoms in total. The number of hydrogen-bond acceptors (Lipinski definition) is 5. The lowest BCUT2D eigenvalue weighted by molar-refractivity contribution is -0.188. The van der Waals surface area contributed by atoms with E-state index in [9.17, 15) is 23.2 Å². The van der Waals surface area contributed by atoms with E-state index in [0.29, 0.717) is 6.42 Å². The first-order valence-corrected chi connectivity index (χ1v) is 13.1. The van der Waals surface area contributed by atoms with E-state index in [2.05, 4.69) is 5.32 Å². The minimum atomic E-state index is -0.700. The number of rotatable bonds is 9. The summed E-state index contributed by atoms with van der Waals surface area (Å²) in [6.45, 7) is 5.04. The number of hydrogen-bond donors (Lipinski definition) is 1. The molecular weight excluding hydrogens is 508 g/mol. The van der Waals surface area contributed by atoms with Gasteiger partial charge in [-0.25, -0.2) is 23.6 Å². The van der Waals surface area contributed by atoms with Crippen molar-refractivity contribution in [3.63, 3.8) is 0 Å². The molecule has 0 unspecified atom stereocenters. The van der Waals surface area contributed by atoms with E-state index >= 15 is 0 Å². The number of nitrogens with one attached hydrogen (secondary N) is 1. The van der Waals surface area contributed by atoms with Gasteiger partial charge < -0.3 is 19.9 Å². The van der Waals surface area contributed by atoms with Gasteiger partial charge in [0, 0.05) is 20.1 Å². The van der Waals surface area contributed by atoms with Crippen LogP contribution in [0.4, 0.5) is 13.6 Å². The van der Waals surface area contributed by atoms with Crippen molar-refractivity contribution in [2.75, 3.05) is 33.3 Å². The first-order valence-electron chi connectivity index (χ1n) is 13.1. The van der Waals surface area contributed by atoms with Crippen LogP contribution in [-0.2, 0) is 27.5 Å². The highest BCUT2D eigenvalue weighted by Gasteiger charge is 2.50. The topological polar surface area (TPSA) is 85.4 Å². The standard InChI is InChI=1S/C28H35F2N5O4/c1-19(2)14-24-27(37)33(12-13-39-18-21-6-10-23(30)11-7-21)16-25-34(24)26(36)17-32(3)35(25)28(38)31-15-20-4-8-22(29)9-5-20/h4-11,19,24-25H,12-18H2,1-3H3,(H,31,38)/t24-,25-/m0/s1. The lowest BCUT2D eigenvalue weighted by Crippen LogP contribution is -2.76. The Morgan fingerprint density at radius 3 is 2.26 bits per heavy atom. The summed E-state index contributed by atoms with van der Waals surface area (Å²) in [6, 6.07) is 10.7. The quantitative estimate of drug-likeness (QED) is 0.492. The van der Waals surface area contributed by atoms with Crippen LogP contribution < -0.4 is 5.32 Å². The summed E-state index contributed by atoms with van der Waals surface area (Å²) in [6.07, 6.45) is -0.231. The number of amides is 4. The number of hydrazine groups is 1. The number of ether oxygens (including phenoxy) is 1. The Kier molecular flexibility index (Phi) is 9.13. The number of urea groups is 1. The number of halogens is 2. The van der Waals surface area contributed by atoms with Crippen LogP contribution in [0.25, 0.3) is 0 Å². The van der Waals surface area contributed by atoms with Crippen LogP contribution in [0, 0.1) is 17.6 Å². The highest BCUT2D eigenvalue weighted by molar-refractivity contribution is 5.91. The summed E-state index contributed by atoms with van der Waals surface area (Å²) in [5.41, 5.74) is 1.54. The van der Waals surface area contributed by atoms with Crippen molar-refractivity contribution in [1.29, 1.82) is 0 Å². The molecule has 2 aromatic rings. The Hall–Kier alpha value is -3.57. The maximum atomic E-state index is 13.5. The predicted molar refractivity (Wildman–Crippen MR) is 140 cm³/mol. The molecule has 2 saturated heterocycles. The molecule has 0 spiro atoms. The normalized spacial score (nSPS) is 20.0. The van der Waals surface area contributed by atoms with Gasteiger partial charge >= 0.3 is 6.03 Å². The number of carbonyl (C=O) groups excluding carboxylic acids is 3. The first-order chi connectivity index (χ1) is 18.6. The Morgan fingerprint density at radius 2 is 1.64 bits per heavy atom. The molecule has 2 aliphatic heterocycles. The minimum absolute atomic E-state index is 0.0386. The van der Waals surface area contributed by atoms with Crippen molar-refractivity contribution < 1.29 is 27.9 Å². The molecule has 39 heavy (non-hydrogen) atoms. The Balaban J connectivity index is 1.47. The number of benzene rings is 2. The van der Waals surface area contributed by atoms with Crippen molar-refractivity contribution in [3.8, 4) is 0 Å². The first kappa shape index (κ1) is 28.4. The summed E-state index contributed by atoms with van der Waals surface area (Å²) in [4.78, 5) is 43.3. The summed E-state index contributed by atoms with van der Waals surface area (Å²) in [5.74, 6) is -0.926. The maximum absolute atomic E-state index is 13.5. The van der Waals surface area contributed by atoms with E-state index < -0.39 is 18.2 Å². The van der Waals surface area contributed by atoms with Gasteiger partial charge in [-0.3, -0.25) is 9.59 Å². The zero-order chi connectivity index (χ0) is 28.1. The molecule has 2 fully saturated rings. The van der Waals surface area contributed by atoms with Gasteiger partial charge in [0.15, 0.2) is 0 Å². The number of fused-ring (bicyclic) bond motifs is 1. The summed E-state index contributed by atoms with van der Waals surface area (Å²) in [5, 5.41) is 5.90. The molecule has 0 saturated carbocycles. The average molecular weight is 544 g/mol. The molecule has 4 rings (SSSR count). The summed E-state index contributed by atoms with van der Waals surface area (Å²) >= 11 is 0. The fourth-order valence-electron chi connectivity index (χ4n) is 4.99. The van der Waals surface area contributed by atoms with Crippen LogP contribution in [0.1, 0.15) is 31.4 Å². The second-order valence-electron chi connectivity index (χ2n) is 10.3. The van der Waals surface area contributed by atoms with Gasteiger partial charge in [-0.1, -0.05) is 38.1 Å². The molecule has 4 amide bonds. The van der Waals surface area contributed by atoms with Gasteiger partial charge in [-0.05, 0) is 47.7 Å². The van der Waals surface area contributed by atoms with Gasteiger partial charge in [-0.2, -0.15) is 0 Å². The van der Waals surface area contributed by atoms with Crippen LogP contribution in [-0.4, -0.2) is 83.2 Å². The summed E-state index contributed by atoms with van der Waals surface area (Å²) in [7, 11) is 1.66. The fourth-order valence-corrected chi connectivity index (χ4v) is 4.99. The van der Waals surface area contributed by atoms with E-state index in [1.54, 1.807) is 46.1 Å². The maximum Gasteiger partial charge on any atom is 0.334 e. The van der Waals surface area contributed by atoms with E-state index in [4.69, 9.17) is 4.74 Å².